The molecule has 1 aromatic heterocycles. The van der Waals surface area contributed by atoms with Gasteiger partial charge in [-0.05, 0) is 56.1 Å². The predicted octanol–water partition coefficient (Wildman–Crippen LogP) is 2.34. The van der Waals surface area contributed by atoms with Crippen LogP contribution in [0.4, 0.5) is 0 Å². The molecule has 3 rings (SSSR count). The first-order valence-corrected chi connectivity index (χ1v) is 10.5. The highest BCUT2D eigenvalue weighted by Crippen LogP contribution is 2.41. The van der Waals surface area contributed by atoms with Crippen LogP contribution in [0.5, 0.6) is 0 Å². The fraction of sp³-hybridized carbons (Fsp3) is 0.733. The third-order valence-corrected chi connectivity index (χ3v) is 7.95. The van der Waals surface area contributed by atoms with Gasteiger partial charge < -0.3 is 0 Å². The van der Waals surface area contributed by atoms with Gasteiger partial charge in [0.1, 0.15) is 9.84 Å². The second kappa shape index (κ2) is 5.99. The molecule has 0 aromatic carbocycles. The zero-order chi connectivity index (χ0) is 15.0. The molecule has 0 aliphatic heterocycles. The van der Waals surface area contributed by atoms with Crippen molar-refractivity contribution in [2.24, 2.45) is 11.8 Å². The molecule has 2 aliphatic rings. The normalized spacial score (nSPS) is 27.5. The van der Waals surface area contributed by atoms with E-state index in [4.69, 9.17) is 5.84 Å². The highest BCUT2D eigenvalue weighted by molar-refractivity contribution is 7.91. The molecule has 3 N–H and O–H groups in total. The number of hydrogen-bond donors (Lipinski definition) is 2. The van der Waals surface area contributed by atoms with Crippen molar-refractivity contribution < 1.29 is 8.42 Å². The number of nitrogens with one attached hydrogen (secondary N) is 1. The molecule has 2 aliphatic carbocycles. The van der Waals surface area contributed by atoms with Gasteiger partial charge in [0, 0.05) is 16.0 Å². The molecule has 1 heterocycles. The molecular formula is C15H24N2O2S2. The van der Waals surface area contributed by atoms with Crippen LogP contribution in [0.2, 0.25) is 0 Å². The van der Waals surface area contributed by atoms with E-state index in [1.807, 2.05) is 11.3 Å². The lowest BCUT2D eigenvalue weighted by Crippen LogP contribution is -2.38. The number of aryl methyl sites for hydroxylation is 2. The van der Waals surface area contributed by atoms with E-state index in [0.29, 0.717) is 5.92 Å². The Bertz CT molecular complexity index is 588. The Hall–Kier alpha value is -0.430. The van der Waals surface area contributed by atoms with Gasteiger partial charge in [-0.3, -0.25) is 11.3 Å². The zero-order valence-corrected chi connectivity index (χ0v) is 14.1. The summed E-state index contributed by atoms with van der Waals surface area (Å²) in [5.41, 5.74) is 4.44. The van der Waals surface area contributed by atoms with Crippen molar-refractivity contribution in [2.75, 3.05) is 6.26 Å². The van der Waals surface area contributed by atoms with E-state index in [9.17, 15) is 8.42 Å². The molecule has 21 heavy (non-hydrogen) atoms. The summed E-state index contributed by atoms with van der Waals surface area (Å²) < 4.78 is 23.7. The van der Waals surface area contributed by atoms with E-state index in [2.05, 4.69) is 11.5 Å². The topological polar surface area (TPSA) is 72.2 Å². The van der Waals surface area contributed by atoms with Crippen molar-refractivity contribution in [1.29, 1.82) is 0 Å². The number of hydrogen-bond acceptors (Lipinski definition) is 5. The SMILES string of the molecule is CS(=O)(=O)C1CCCC(C(NN)c2cc3c(s2)CCC3)C1. The second-order valence-electron chi connectivity index (χ2n) is 6.47. The summed E-state index contributed by atoms with van der Waals surface area (Å²) in [6.07, 6.45) is 8.57. The van der Waals surface area contributed by atoms with Crippen LogP contribution in [0.15, 0.2) is 6.07 Å². The number of fused-ring (bicyclic) bond motifs is 1. The Morgan fingerprint density at radius 3 is 2.81 bits per heavy atom. The van der Waals surface area contributed by atoms with Crippen LogP contribution in [0.1, 0.15) is 53.5 Å². The van der Waals surface area contributed by atoms with Crippen LogP contribution in [-0.4, -0.2) is 19.9 Å². The molecule has 0 spiro atoms. The maximum atomic E-state index is 11.8. The molecule has 0 radical (unpaired) electrons. The lowest BCUT2D eigenvalue weighted by molar-refractivity contribution is 0.277. The highest BCUT2D eigenvalue weighted by Gasteiger charge is 2.34. The maximum Gasteiger partial charge on any atom is 0.150 e. The highest BCUT2D eigenvalue weighted by atomic mass is 32.2. The van der Waals surface area contributed by atoms with Gasteiger partial charge in [-0.2, -0.15) is 0 Å². The van der Waals surface area contributed by atoms with Crippen molar-refractivity contribution in [3.05, 3.63) is 21.4 Å². The van der Waals surface area contributed by atoms with Crippen molar-refractivity contribution >= 4 is 21.2 Å². The molecule has 1 fully saturated rings. The fourth-order valence-electron chi connectivity index (χ4n) is 3.83. The molecule has 118 valence electrons. The first-order chi connectivity index (χ1) is 9.99. The summed E-state index contributed by atoms with van der Waals surface area (Å²) in [7, 11) is -2.94. The number of hydrazine groups is 1. The number of sulfone groups is 1. The van der Waals surface area contributed by atoms with Gasteiger partial charge in [0.05, 0.1) is 11.3 Å². The van der Waals surface area contributed by atoms with Gasteiger partial charge in [0.15, 0.2) is 0 Å². The average Bonchev–Trinajstić information content (AvgIpc) is 3.00. The number of rotatable bonds is 4. The summed E-state index contributed by atoms with van der Waals surface area (Å²) >= 11 is 1.87. The zero-order valence-electron chi connectivity index (χ0n) is 12.5. The number of thiophene rings is 1. The van der Waals surface area contributed by atoms with Gasteiger partial charge in [0.25, 0.3) is 0 Å². The second-order valence-corrected chi connectivity index (χ2v) is 9.97. The quantitative estimate of drug-likeness (QED) is 0.657. The Morgan fingerprint density at radius 2 is 2.14 bits per heavy atom. The van der Waals surface area contributed by atoms with Crippen LogP contribution in [0, 0.1) is 5.92 Å². The van der Waals surface area contributed by atoms with E-state index in [0.717, 1.165) is 25.7 Å². The van der Waals surface area contributed by atoms with E-state index in [1.54, 1.807) is 0 Å². The van der Waals surface area contributed by atoms with Crippen LogP contribution >= 0.6 is 11.3 Å². The van der Waals surface area contributed by atoms with Gasteiger partial charge >= 0.3 is 0 Å². The van der Waals surface area contributed by atoms with Crippen LogP contribution in [0.3, 0.4) is 0 Å². The molecule has 3 atom stereocenters. The summed E-state index contributed by atoms with van der Waals surface area (Å²) in [6.45, 7) is 0. The van der Waals surface area contributed by atoms with Gasteiger partial charge in [-0.1, -0.05) is 6.42 Å². The van der Waals surface area contributed by atoms with Crippen LogP contribution in [0.25, 0.3) is 0 Å². The molecule has 6 heteroatoms. The molecule has 0 amide bonds. The minimum Gasteiger partial charge on any atom is -0.271 e. The minimum absolute atomic E-state index is 0.102. The predicted molar refractivity (Wildman–Crippen MR) is 87.0 cm³/mol. The summed E-state index contributed by atoms with van der Waals surface area (Å²) in [5, 5.41) is -0.195. The van der Waals surface area contributed by atoms with E-state index in [1.165, 1.54) is 40.8 Å². The summed E-state index contributed by atoms with van der Waals surface area (Å²) in [5.74, 6) is 6.14. The Balaban J connectivity index is 1.79. The van der Waals surface area contributed by atoms with Gasteiger partial charge in [-0.15, -0.1) is 11.3 Å². The Labute approximate surface area is 131 Å². The third kappa shape index (κ3) is 3.18. The van der Waals surface area contributed by atoms with Crippen molar-refractivity contribution in [2.45, 2.75) is 56.2 Å². The molecule has 3 unspecified atom stereocenters. The van der Waals surface area contributed by atoms with Gasteiger partial charge in [-0.25, -0.2) is 8.42 Å². The maximum absolute atomic E-state index is 11.8. The third-order valence-electron chi connectivity index (χ3n) is 5.00. The van der Waals surface area contributed by atoms with Crippen LogP contribution < -0.4 is 11.3 Å². The van der Waals surface area contributed by atoms with E-state index >= 15 is 0 Å². The van der Waals surface area contributed by atoms with Gasteiger partial charge in [0.2, 0.25) is 0 Å². The molecular weight excluding hydrogens is 304 g/mol. The largest absolute Gasteiger partial charge is 0.271 e. The molecule has 4 nitrogen and oxygen atoms in total. The minimum atomic E-state index is -2.94. The van der Waals surface area contributed by atoms with Crippen molar-refractivity contribution in [3.8, 4) is 0 Å². The molecule has 0 bridgehead atoms. The molecule has 1 aromatic rings. The fourth-order valence-corrected chi connectivity index (χ4v) is 6.43. The van der Waals surface area contributed by atoms with Crippen LogP contribution in [-0.2, 0) is 22.7 Å². The monoisotopic (exact) mass is 328 g/mol. The smallest absolute Gasteiger partial charge is 0.150 e. The lowest BCUT2D eigenvalue weighted by atomic mass is 9.83. The van der Waals surface area contributed by atoms with E-state index in [-0.39, 0.29) is 11.3 Å². The first-order valence-electron chi connectivity index (χ1n) is 7.75. The standard InChI is InChI=1S/C15H24N2O2S2/c1-21(18,19)12-6-2-5-11(8-12)15(17-16)14-9-10-4-3-7-13(10)20-14/h9,11-12,15,17H,2-8,16H2,1H3. The van der Waals surface area contributed by atoms with Crippen molar-refractivity contribution in [3.63, 3.8) is 0 Å². The van der Waals surface area contributed by atoms with Crippen molar-refractivity contribution in [1.82, 2.24) is 5.43 Å². The van der Waals surface area contributed by atoms with E-state index < -0.39 is 9.84 Å². The molecule has 1 saturated carbocycles. The Morgan fingerprint density at radius 1 is 1.33 bits per heavy atom. The lowest BCUT2D eigenvalue weighted by Gasteiger charge is -2.33. The summed E-state index contributed by atoms with van der Waals surface area (Å²) in [6, 6.07) is 2.40. The first kappa shape index (κ1) is 15.5. The number of nitrogens with two attached hydrogens (primary N) is 1. The average molecular weight is 329 g/mol. The molecule has 0 saturated heterocycles. The summed E-state index contributed by atoms with van der Waals surface area (Å²) in [4.78, 5) is 2.79. The Kier molecular flexibility index (Phi) is 4.41.